The van der Waals surface area contributed by atoms with Gasteiger partial charge in [-0.2, -0.15) is 0 Å². The largest absolute Gasteiger partial charge is 1.00 e. The van der Waals surface area contributed by atoms with E-state index in [-0.39, 0.29) is 31.7 Å². The second kappa shape index (κ2) is 6.85. The zero-order chi connectivity index (χ0) is 7.28. The number of rotatable bonds is 4. The Labute approximate surface area is 71.3 Å². The zero-order valence-electron chi connectivity index (χ0n) is 5.97. The average molecular weight is 138 g/mol. The summed E-state index contributed by atoms with van der Waals surface area (Å²) in [6, 6.07) is 0. The molecular weight excluding hydrogens is 130 g/mol. The summed E-state index contributed by atoms with van der Waals surface area (Å²) in [5.74, 6) is -1.22. The van der Waals surface area contributed by atoms with Crippen molar-refractivity contribution >= 4 is 5.97 Å². The fraction of sp³-hybridized carbons (Fsp3) is 0.500. The second-order valence-corrected chi connectivity index (χ2v) is 1.66. The van der Waals surface area contributed by atoms with E-state index in [1.807, 2.05) is 0 Å². The Morgan fingerprint density at radius 3 is 2.60 bits per heavy atom. The number of halogens is 1. The Morgan fingerprint density at radius 2 is 2.30 bits per heavy atom. The molecule has 0 N–H and O–H groups in total. The third-order valence-corrected chi connectivity index (χ3v) is 0.880. The molecule has 4 heteroatoms. The van der Waals surface area contributed by atoms with Crippen LogP contribution in [0, 0.1) is 0 Å². The van der Waals surface area contributed by atoms with Crippen LogP contribution in [-0.2, 0) is 4.79 Å². The maximum Gasteiger partial charge on any atom is 1.00 e. The maximum atomic E-state index is 12.1. The quantitative estimate of drug-likeness (QED) is 0.307. The van der Waals surface area contributed by atoms with E-state index in [0.29, 0.717) is 0 Å². The van der Waals surface area contributed by atoms with Crippen LogP contribution in [-0.4, -0.2) is 12.1 Å². The molecule has 0 spiro atoms. The molecule has 0 aliphatic heterocycles. The van der Waals surface area contributed by atoms with Crippen LogP contribution in [0.3, 0.4) is 0 Å². The number of carboxylic acid groups (broad SMARTS) is 1. The van der Waals surface area contributed by atoms with Gasteiger partial charge in [0.1, 0.15) is 6.17 Å². The molecule has 0 amide bonds. The van der Waals surface area contributed by atoms with Gasteiger partial charge in [0.25, 0.3) is 0 Å². The monoisotopic (exact) mass is 138 g/mol. The molecule has 2 nitrogen and oxygen atoms in total. The maximum absolute atomic E-state index is 12.1. The second-order valence-electron chi connectivity index (χ2n) is 1.66. The Morgan fingerprint density at radius 1 is 1.80 bits per heavy atom. The van der Waals surface area contributed by atoms with Crippen molar-refractivity contribution in [3.8, 4) is 0 Å². The van der Waals surface area contributed by atoms with Gasteiger partial charge in [0, 0.05) is 5.97 Å². The van der Waals surface area contributed by atoms with Crippen molar-refractivity contribution < 1.29 is 33.2 Å². The van der Waals surface area contributed by atoms with Gasteiger partial charge < -0.3 is 9.90 Å². The summed E-state index contributed by atoms with van der Waals surface area (Å²) in [5.41, 5.74) is 0. The minimum absolute atomic E-state index is 0. The van der Waals surface area contributed by atoms with E-state index in [0.717, 1.165) is 6.08 Å². The normalized spacial score (nSPS) is 11.3. The van der Waals surface area contributed by atoms with Crippen molar-refractivity contribution in [2.45, 2.75) is 19.0 Å². The molecule has 0 fully saturated rings. The van der Waals surface area contributed by atoms with E-state index in [1.54, 1.807) is 0 Å². The molecule has 0 aromatic heterocycles. The van der Waals surface area contributed by atoms with Crippen LogP contribution < -0.4 is 24.0 Å². The molecule has 0 aromatic carbocycles. The summed E-state index contributed by atoms with van der Waals surface area (Å²) in [7, 11) is 0. The molecule has 0 bridgehead atoms. The van der Waals surface area contributed by atoms with Crippen molar-refractivity contribution in [3.05, 3.63) is 12.7 Å². The SMILES string of the molecule is C=CC(F)CCC(=O)[O-].[Li+]. The van der Waals surface area contributed by atoms with Crippen molar-refractivity contribution in [3.63, 3.8) is 0 Å². The molecule has 0 aliphatic carbocycles. The first-order valence-electron chi connectivity index (χ1n) is 2.63. The number of allylic oxidation sites excluding steroid dienone is 1. The van der Waals surface area contributed by atoms with Gasteiger partial charge in [-0.15, -0.1) is 6.58 Å². The van der Waals surface area contributed by atoms with E-state index in [4.69, 9.17) is 0 Å². The number of carbonyl (C=O) groups excluding carboxylic acids is 1. The topological polar surface area (TPSA) is 40.1 Å². The van der Waals surface area contributed by atoms with Gasteiger partial charge in [0.15, 0.2) is 0 Å². The van der Waals surface area contributed by atoms with E-state index in [1.165, 1.54) is 0 Å². The van der Waals surface area contributed by atoms with Gasteiger partial charge in [0.2, 0.25) is 0 Å². The standard InChI is InChI=1S/C6H9FO2.Li/c1-2-5(7)3-4-6(8)9;/h2,5H,1,3-4H2,(H,8,9);/q;+1/p-1. The van der Waals surface area contributed by atoms with E-state index >= 15 is 0 Å². The number of carbonyl (C=O) groups is 1. The van der Waals surface area contributed by atoms with Gasteiger partial charge in [-0.3, -0.25) is 0 Å². The first-order valence-corrected chi connectivity index (χ1v) is 2.63. The van der Waals surface area contributed by atoms with Crippen molar-refractivity contribution in [2.75, 3.05) is 0 Å². The number of hydrogen-bond acceptors (Lipinski definition) is 2. The van der Waals surface area contributed by atoms with E-state index in [9.17, 15) is 14.3 Å². The van der Waals surface area contributed by atoms with Crippen molar-refractivity contribution in [1.29, 1.82) is 0 Å². The van der Waals surface area contributed by atoms with Crippen molar-refractivity contribution in [2.24, 2.45) is 0 Å². The fourth-order valence-corrected chi connectivity index (χ4v) is 0.374. The number of alkyl halides is 1. The van der Waals surface area contributed by atoms with Gasteiger partial charge in [0.05, 0.1) is 0 Å². The van der Waals surface area contributed by atoms with Gasteiger partial charge in [-0.1, -0.05) is 6.08 Å². The third kappa shape index (κ3) is 7.74. The van der Waals surface area contributed by atoms with Gasteiger partial charge in [-0.05, 0) is 12.8 Å². The average Bonchev–Trinajstić information content (AvgIpc) is 1.83. The summed E-state index contributed by atoms with van der Waals surface area (Å²) in [6.45, 7) is 3.15. The van der Waals surface area contributed by atoms with Crippen LogP contribution in [0.5, 0.6) is 0 Å². The summed E-state index contributed by atoms with van der Waals surface area (Å²) in [4.78, 5) is 9.71. The van der Waals surface area contributed by atoms with E-state index < -0.39 is 12.1 Å². The minimum Gasteiger partial charge on any atom is -0.550 e. The summed E-state index contributed by atoms with van der Waals surface area (Å²) < 4.78 is 12.1. The molecule has 1 unspecified atom stereocenters. The van der Waals surface area contributed by atoms with E-state index in [2.05, 4.69) is 6.58 Å². The molecule has 0 rings (SSSR count). The molecule has 0 heterocycles. The third-order valence-electron chi connectivity index (χ3n) is 0.880. The molecule has 0 aromatic rings. The molecule has 0 saturated heterocycles. The molecular formula is C6H8FLiO2. The van der Waals surface area contributed by atoms with Crippen LogP contribution in [0.2, 0.25) is 0 Å². The Bertz CT molecular complexity index is 116. The Hall–Kier alpha value is -0.263. The first-order chi connectivity index (χ1) is 4.16. The van der Waals surface area contributed by atoms with Crippen LogP contribution in [0.25, 0.3) is 0 Å². The molecule has 0 aliphatic rings. The van der Waals surface area contributed by atoms with Crippen LogP contribution in [0.1, 0.15) is 12.8 Å². The zero-order valence-corrected chi connectivity index (χ0v) is 5.97. The van der Waals surface area contributed by atoms with Crippen LogP contribution >= 0.6 is 0 Å². The first kappa shape index (κ1) is 12.4. The Kier molecular flexibility index (Phi) is 8.51. The van der Waals surface area contributed by atoms with Crippen LogP contribution in [0.4, 0.5) is 4.39 Å². The number of aliphatic carboxylic acids is 1. The summed E-state index contributed by atoms with van der Waals surface area (Å²) in [6.07, 6.45) is -0.426. The smallest absolute Gasteiger partial charge is 0.550 e. The number of hydrogen-bond donors (Lipinski definition) is 0. The minimum atomic E-state index is -1.22. The van der Waals surface area contributed by atoms with Crippen molar-refractivity contribution in [1.82, 2.24) is 0 Å². The van der Waals surface area contributed by atoms with Gasteiger partial charge >= 0.3 is 18.9 Å². The molecule has 10 heavy (non-hydrogen) atoms. The predicted octanol–water partition coefficient (Wildman–Crippen LogP) is -2.96. The molecule has 52 valence electrons. The summed E-state index contributed by atoms with van der Waals surface area (Å²) >= 11 is 0. The fourth-order valence-electron chi connectivity index (χ4n) is 0.374. The molecule has 0 radical (unpaired) electrons. The Balaban J connectivity index is 0. The van der Waals surface area contributed by atoms with Gasteiger partial charge in [-0.25, -0.2) is 4.39 Å². The predicted molar refractivity (Wildman–Crippen MR) is 29.3 cm³/mol. The molecule has 1 atom stereocenters. The molecule has 0 saturated carbocycles. The van der Waals surface area contributed by atoms with Crippen LogP contribution in [0.15, 0.2) is 12.7 Å². The number of carboxylic acids is 1. The summed E-state index contributed by atoms with van der Waals surface area (Å²) in [5, 5.41) is 9.71.